The van der Waals surface area contributed by atoms with E-state index in [1.807, 2.05) is 0 Å². The number of rotatable bonds is 6. The summed E-state index contributed by atoms with van der Waals surface area (Å²) in [6.07, 6.45) is -2.50. The second-order valence-electron chi connectivity index (χ2n) is 6.32. The fourth-order valence-electron chi connectivity index (χ4n) is 2.93. The third-order valence-corrected chi connectivity index (χ3v) is 4.38. The van der Waals surface area contributed by atoms with Crippen molar-refractivity contribution < 1.29 is 27.9 Å². The first-order chi connectivity index (χ1) is 13.4. The highest BCUT2D eigenvalue weighted by molar-refractivity contribution is 6.01. The fraction of sp³-hybridized carbons (Fsp3) is 0.250. The summed E-state index contributed by atoms with van der Waals surface area (Å²) in [5, 5.41) is 2.45. The van der Waals surface area contributed by atoms with E-state index in [1.165, 1.54) is 42.3 Å². The lowest BCUT2D eigenvalue weighted by molar-refractivity contribution is -0.132. The molecule has 2 aromatic rings. The van der Waals surface area contributed by atoms with Gasteiger partial charge >= 0.3 is 5.97 Å². The van der Waals surface area contributed by atoms with E-state index in [0.29, 0.717) is 11.1 Å². The van der Waals surface area contributed by atoms with Crippen LogP contribution in [0.25, 0.3) is 0 Å². The number of para-hydroxylation sites is 1. The van der Waals surface area contributed by atoms with Gasteiger partial charge in [0.1, 0.15) is 12.3 Å². The van der Waals surface area contributed by atoms with Crippen molar-refractivity contribution in [2.75, 3.05) is 13.6 Å². The highest BCUT2D eigenvalue weighted by atomic mass is 19.3. The minimum atomic E-state index is -2.58. The number of ether oxygens (including phenoxy) is 1. The first-order valence-corrected chi connectivity index (χ1v) is 8.58. The van der Waals surface area contributed by atoms with Crippen LogP contribution in [0.5, 0.6) is 5.75 Å². The molecule has 0 atom stereocenters. The summed E-state index contributed by atoms with van der Waals surface area (Å²) in [6, 6.07) is 10.4. The van der Waals surface area contributed by atoms with E-state index < -0.39 is 18.3 Å². The molecule has 0 fully saturated rings. The van der Waals surface area contributed by atoms with Gasteiger partial charge in [0, 0.05) is 24.7 Å². The van der Waals surface area contributed by atoms with Crippen LogP contribution in [0.1, 0.15) is 33.5 Å². The van der Waals surface area contributed by atoms with Crippen molar-refractivity contribution in [1.82, 2.24) is 10.2 Å². The largest absolute Gasteiger partial charge is 0.425 e. The number of carbonyl (C=O) groups excluding carboxylic acids is 3. The maximum absolute atomic E-state index is 13.1. The van der Waals surface area contributed by atoms with Crippen LogP contribution in [0.3, 0.4) is 0 Å². The molecular formula is C20H18F2N2O4. The van der Waals surface area contributed by atoms with Crippen LogP contribution < -0.4 is 10.1 Å². The molecule has 28 heavy (non-hydrogen) atoms. The molecule has 3 rings (SSSR count). The molecule has 0 aliphatic carbocycles. The van der Waals surface area contributed by atoms with E-state index in [9.17, 15) is 23.2 Å². The molecule has 8 heteroatoms. The van der Waals surface area contributed by atoms with Gasteiger partial charge in [-0.3, -0.25) is 14.4 Å². The van der Waals surface area contributed by atoms with E-state index in [2.05, 4.69) is 5.32 Å². The number of hydrogen-bond donors (Lipinski definition) is 1. The Balaban J connectivity index is 1.88. The van der Waals surface area contributed by atoms with Crippen LogP contribution in [-0.2, 0) is 22.6 Å². The maximum atomic E-state index is 13.1. The van der Waals surface area contributed by atoms with Gasteiger partial charge in [0.15, 0.2) is 0 Å². The second-order valence-corrected chi connectivity index (χ2v) is 6.32. The van der Waals surface area contributed by atoms with Crippen LogP contribution in [0.15, 0.2) is 42.5 Å². The van der Waals surface area contributed by atoms with Crippen molar-refractivity contribution in [2.24, 2.45) is 0 Å². The first-order valence-electron chi connectivity index (χ1n) is 8.58. The van der Waals surface area contributed by atoms with E-state index in [0.717, 1.165) is 0 Å². The van der Waals surface area contributed by atoms with E-state index in [4.69, 9.17) is 4.74 Å². The highest BCUT2D eigenvalue weighted by Crippen LogP contribution is 2.31. The van der Waals surface area contributed by atoms with Gasteiger partial charge < -0.3 is 15.0 Å². The summed E-state index contributed by atoms with van der Waals surface area (Å²) < 4.78 is 30.6. The van der Waals surface area contributed by atoms with Gasteiger partial charge in [0.05, 0.1) is 12.0 Å². The maximum Gasteiger partial charge on any atom is 0.315 e. The average Bonchev–Trinajstić information content (AvgIpc) is 3.07. The average molecular weight is 388 g/mol. The molecule has 0 aromatic heterocycles. The van der Waals surface area contributed by atoms with Crippen molar-refractivity contribution in [2.45, 2.75) is 19.4 Å². The van der Waals surface area contributed by atoms with Crippen molar-refractivity contribution in [3.05, 3.63) is 64.7 Å². The lowest BCUT2D eigenvalue weighted by Gasteiger charge is -2.23. The molecular weight excluding hydrogens is 370 g/mol. The van der Waals surface area contributed by atoms with E-state index in [1.54, 1.807) is 12.1 Å². The molecule has 2 aromatic carbocycles. The van der Waals surface area contributed by atoms with Crippen LogP contribution in [0.4, 0.5) is 8.78 Å². The minimum Gasteiger partial charge on any atom is -0.425 e. The smallest absolute Gasteiger partial charge is 0.315 e. The van der Waals surface area contributed by atoms with Gasteiger partial charge in [-0.15, -0.1) is 0 Å². The van der Waals surface area contributed by atoms with Crippen LogP contribution in [-0.4, -0.2) is 36.3 Å². The Hall–Kier alpha value is -3.29. The summed E-state index contributed by atoms with van der Waals surface area (Å²) in [5.74, 6) is -1.13. The molecule has 0 saturated heterocycles. The van der Waals surface area contributed by atoms with Gasteiger partial charge in [-0.1, -0.05) is 36.4 Å². The van der Waals surface area contributed by atoms with Crippen molar-refractivity contribution in [3.63, 3.8) is 0 Å². The number of amides is 2. The summed E-state index contributed by atoms with van der Waals surface area (Å²) in [4.78, 5) is 37.8. The molecule has 0 radical (unpaired) electrons. The molecule has 6 nitrogen and oxygen atoms in total. The molecule has 0 unspecified atom stereocenters. The van der Waals surface area contributed by atoms with E-state index in [-0.39, 0.29) is 42.3 Å². The molecule has 146 valence electrons. The zero-order valence-corrected chi connectivity index (χ0v) is 15.1. The number of alkyl halides is 2. The van der Waals surface area contributed by atoms with Gasteiger partial charge in [-0.05, 0) is 11.6 Å². The quantitative estimate of drug-likeness (QED) is 0.609. The summed E-state index contributed by atoms with van der Waals surface area (Å²) in [6.45, 7) is -0.197. The van der Waals surface area contributed by atoms with Gasteiger partial charge in [-0.25, -0.2) is 8.78 Å². The predicted molar refractivity (Wildman–Crippen MR) is 96.0 cm³/mol. The number of fused-ring (bicyclic) bond motifs is 1. The molecule has 0 saturated carbocycles. The van der Waals surface area contributed by atoms with Crippen molar-refractivity contribution in [1.29, 1.82) is 0 Å². The molecule has 0 bridgehead atoms. The SMILES string of the molecule is CNC(=O)CN(Cc1ccc(C(F)F)cc1)C(=O)c1cccc2c1OC(=O)C2. The highest BCUT2D eigenvalue weighted by Gasteiger charge is 2.29. The first kappa shape index (κ1) is 19.5. The number of halogens is 2. The number of esters is 1. The molecule has 1 aliphatic heterocycles. The summed E-state index contributed by atoms with van der Waals surface area (Å²) in [5.41, 5.74) is 1.25. The number of likely N-dealkylation sites (N-methyl/N-ethyl adjacent to an activating group) is 1. The van der Waals surface area contributed by atoms with Crippen LogP contribution in [0, 0.1) is 0 Å². The Labute approximate surface area is 160 Å². The topological polar surface area (TPSA) is 75.7 Å². The third kappa shape index (κ3) is 4.16. The third-order valence-electron chi connectivity index (χ3n) is 4.38. The zero-order valence-electron chi connectivity index (χ0n) is 15.1. The van der Waals surface area contributed by atoms with Crippen molar-refractivity contribution >= 4 is 17.8 Å². The van der Waals surface area contributed by atoms with Gasteiger partial charge in [0.2, 0.25) is 5.91 Å². The molecule has 1 aliphatic rings. The van der Waals surface area contributed by atoms with Crippen LogP contribution >= 0.6 is 0 Å². The number of nitrogens with one attached hydrogen (secondary N) is 1. The Morgan fingerprint density at radius 2 is 1.89 bits per heavy atom. The Kier molecular flexibility index (Phi) is 5.67. The number of nitrogens with zero attached hydrogens (tertiary/aromatic N) is 1. The molecule has 1 N–H and O–H groups in total. The van der Waals surface area contributed by atoms with Gasteiger partial charge in [-0.2, -0.15) is 0 Å². The molecule has 1 heterocycles. The Morgan fingerprint density at radius 1 is 1.18 bits per heavy atom. The Bertz CT molecular complexity index is 913. The minimum absolute atomic E-state index is 0.0351. The monoisotopic (exact) mass is 388 g/mol. The van der Waals surface area contributed by atoms with Crippen molar-refractivity contribution in [3.8, 4) is 5.75 Å². The Morgan fingerprint density at radius 3 is 2.54 bits per heavy atom. The number of benzene rings is 2. The second kappa shape index (κ2) is 8.16. The van der Waals surface area contributed by atoms with Gasteiger partial charge in [0.25, 0.3) is 12.3 Å². The standard InChI is InChI=1S/C20H18F2N2O4/c1-23-16(25)11-24(10-12-5-7-13(8-6-12)19(21)22)20(27)15-4-2-3-14-9-17(26)28-18(14)15/h2-8,19H,9-11H2,1H3,(H,23,25). The summed E-state index contributed by atoms with van der Waals surface area (Å²) in [7, 11) is 1.45. The lowest BCUT2D eigenvalue weighted by atomic mass is 10.1. The fourth-order valence-corrected chi connectivity index (χ4v) is 2.93. The summed E-state index contributed by atoms with van der Waals surface area (Å²) >= 11 is 0. The molecule has 0 spiro atoms. The zero-order chi connectivity index (χ0) is 20.3. The number of carbonyl (C=O) groups is 3. The predicted octanol–water partition coefficient (Wildman–Crippen LogP) is 2.47. The number of hydrogen-bond acceptors (Lipinski definition) is 4. The van der Waals surface area contributed by atoms with E-state index >= 15 is 0 Å². The lowest BCUT2D eigenvalue weighted by Crippen LogP contribution is -2.39. The normalized spacial score (nSPS) is 12.5. The van der Waals surface area contributed by atoms with Crippen LogP contribution in [0.2, 0.25) is 0 Å². The molecule has 2 amide bonds.